The summed E-state index contributed by atoms with van der Waals surface area (Å²) in [5.41, 5.74) is 3.41. The summed E-state index contributed by atoms with van der Waals surface area (Å²) in [6, 6.07) is 1.09. The standard InChI is InChI=1S/C14H23FN2O3S/c1-8-7-10(15)11(16)9(2)12(8)21(19,20)17-13(3,4)14(5,6)18/h7,17-18H,16H2,1-6H3. The first-order valence-electron chi connectivity index (χ1n) is 6.52. The number of rotatable bonds is 4. The average Bonchev–Trinajstić information content (AvgIpc) is 2.22. The average molecular weight is 318 g/mol. The molecule has 21 heavy (non-hydrogen) atoms. The number of anilines is 1. The van der Waals surface area contributed by atoms with Gasteiger partial charge in [0.2, 0.25) is 10.0 Å². The highest BCUT2D eigenvalue weighted by Gasteiger charge is 2.39. The van der Waals surface area contributed by atoms with Crippen LogP contribution in [0.3, 0.4) is 0 Å². The van der Waals surface area contributed by atoms with Gasteiger partial charge < -0.3 is 10.8 Å². The molecule has 0 unspecified atom stereocenters. The van der Waals surface area contributed by atoms with Crippen LogP contribution in [0, 0.1) is 19.7 Å². The summed E-state index contributed by atoms with van der Waals surface area (Å²) < 4.78 is 41.2. The van der Waals surface area contributed by atoms with E-state index in [4.69, 9.17) is 5.73 Å². The number of nitrogens with two attached hydrogens (primary N) is 1. The third kappa shape index (κ3) is 3.36. The van der Waals surface area contributed by atoms with Crippen LogP contribution in [0.15, 0.2) is 11.0 Å². The Morgan fingerprint density at radius 2 is 1.71 bits per heavy atom. The van der Waals surface area contributed by atoms with Gasteiger partial charge in [0.05, 0.1) is 21.7 Å². The molecule has 1 rings (SSSR count). The molecule has 0 aliphatic carbocycles. The Morgan fingerprint density at radius 3 is 2.14 bits per heavy atom. The Hall–Kier alpha value is -1.18. The second kappa shape index (κ2) is 5.23. The fourth-order valence-corrected chi connectivity index (χ4v) is 3.88. The van der Waals surface area contributed by atoms with Gasteiger partial charge in [0, 0.05) is 0 Å². The maximum atomic E-state index is 13.6. The minimum Gasteiger partial charge on any atom is -0.396 e. The Kier molecular flexibility index (Phi) is 4.45. The highest BCUT2D eigenvalue weighted by molar-refractivity contribution is 7.89. The molecular weight excluding hydrogens is 295 g/mol. The SMILES string of the molecule is Cc1cc(F)c(N)c(C)c1S(=O)(=O)NC(C)(C)C(C)(C)O. The van der Waals surface area contributed by atoms with Crippen LogP contribution in [0.4, 0.5) is 10.1 Å². The molecule has 0 atom stereocenters. The summed E-state index contributed by atoms with van der Waals surface area (Å²) in [5, 5.41) is 10.1. The van der Waals surface area contributed by atoms with Gasteiger partial charge in [-0.1, -0.05) is 0 Å². The molecule has 0 aliphatic heterocycles. The topological polar surface area (TPSA) is 92.4 Å². The van der Waals surface area contributed by atoms with Crippen molar-refractivity contribution in [3.8, 4) is 0 Å². The summed E-state index contributed by atoms with van der Waals surface area (Å²) in [6.45, 7) is 9.12. The molecule has 0 radical (unpaired) electrons. The first kappa shape index (κ1) is 17.9. The van der Waals surface area contributed by atoms with Gasteiger partial charge in [-0.2, -0.15) is 0 Å². The van der Waals surface area contributed by atoms with Gasteiger partial charge in [0.25, 0.3) is 0 Å². The second-order valence-electron chi connectivity index (χ2n) is 6.33. The van der Waals surface area contributed by atoms with Crippen molar-refractivity contribution in [1.82, 2.24) is 4.72 Å². The molecule has 0 heterocycles. The third-order valence-corrected chi connectivity index (χ3v) is 5.84. The molecule has 4 N–H and O–H groups in total. The van der Waals surface area contributed by atoms with E-state index in [9.17, 15) is 17.9 Å². The van der Waals surface area contributed by atoms with Gasteiger partial charge in [0.1, 0.15) is 5.82 Å². The summed E-state index contributed by atoms with van der Waals surface area (Å²) in [6.07, 6.45) is 0. The second-order valence-corrected chi connectivity index (χ2v) is 7.95. The molecule has 0 spiro atoms. The molecule has 0 bridgehead atoms. The molecule has 1 aromatic rings. The number of sulfonamides is 1. The number of aryl methyl sites for hydroxylation is 1. The van der Waals surface area contributed by atoms with Gasteiger partial charge in [-0.3, -0.25) is 0 Å². The van der Waals surface area contributed by atoms with E-state index in [2.05, 4.69) is 4.72 Å². The van der Waals surface area contributed by atoms with Crippen LogP contribution in [-0.2, 0) is 10.0 Å². The molecule has 0 aromatic heterocycles. The highest BCUT2D eigenvalue weighted by Crippen LogP contribution is 2.30. The molecular formula is C14H23FN2O3S. The van der Waals surface area contributed by atoms with Crippen LogP contribution in [0.5, 0.6) is 0 Å². The van der Waals surface area contributed by atoms with E-state index in [1.807, 2.05) is 0 Å². The monoisotopic (exact) mass is 318 g/mol. The Morgan fingerprint density at radius 1 is 1.24 bits per heavy atom. The predicted octanol–water partition coefficient (Wildman–Crippen LogP) is 1.85. The Bertz CT molecular complexity index is 662. The van der Waals surface area contributed by atoms with Crippen molar-refractivity contribution < 1.29 is 17.9 Å². The minimum atomic E-state index is -3.96. The molecule has 0 amide bonds. The number of nitrogen functional groups attached to an aromatic ring is 1. The van der Waals surface area contributed by atoms with E-state index in [1.165, 1.54) is 27.7 Å². The highest BCUT2D eigenvalue weighted by atomic mass is 32.2. The smallest absolute Gasteiger partial charge is 0.241 e. The van der Waals surface area contributed by atoms with Gasteiger partial charge in [-0.25, -0.2) is 17.5 Å². The van der Waals surface area contributed by atoms with E-state index < -0.39 is 27.0 Å². The van der Waals surface area contributed by atoms with Gasteiger partial charge in [-0.05, 0) is 58.7 Å². The summed E-state index contributed by atoms with van der Waals surface area (Å²) in [7, 11) is -3.96. The van der Waals surface area contributed by atoms with E-state index >= 15 is 0 Å². The van der Waals surface area contributed by atoms with Gasteiger partial charge in [0.15, 0.2) is 0 Å². The molecule has 0 aliphatic rings. The Labute approximate surface area is 125 Å². The van der Waals surface area contributed by atoms with E-state index in [1.54, 1.807) is 13.8 Å². The first-order valence-corrected chi connectivity index (χ1v) is 8.00. The summed E-state index contributed by atoms with van der Waals surface area (Å²) in [5.74, 6) is -0.648. The predicted molar refractivity (Wildman–Crippen MR) is 81.0 cm³/mol. The molecule has 7 heteroatoms. The van der Waals surface area contributed by atoms with Crippen LogP contribution < -0.4 is 10.5 Å². The lowest BCUT2D eigenvalue weighted by Crippen LogP contribution is -2.57. The minimum absolute atomic E-state index is 0.0567. The van der Waals surface area contributed by atoms with Crippen LogP contribution in [0.25, 0.3) is 0 Å². The van der Waals surface area contributed by atoms with E-state index in [0.29, 0.717) is 0 Å². The van der Waals surface area contributed by atoms with Crippen molar-refractivity contribution in [2.24, 2.45) is 0 Å². The number of benzene rings is 1. The van der Waals surface area contributed by atoms with Crippen LogP contribution in [0.2, 0.25) is 0 Å². The normalized spacial score (nSPS) is 13.5. The van der Waals surface area contributed by atoms with Crippen molar-refractivity contribution in [2.75, 3.05) is 5.73 Å². The van der Waals surface area contributed by atoms with Gasteiger partial charge in [-0.15, -0.1) is 0 Å². The molecule has 5 nitrogen and oxygen atoms in total. The maximum absolute atomic E-state index is 13.6. The molecule has 0 saturated carbocycles. The number of hydrogen-bond donors (Lipinski definition) is 3. The number of hydrogen-bond acceptors (Lipinski definition) is 4. The quantitative estimate of drug-likeness (QED) is 0.739. The fraction of sp³-hybridized carbons (Fsp3) is 0.571. The van der Waals surface area contributed by atoms with Gasteiger partial charge >= 0.3 is 0 Å². The fourth-order valence-electron chi connectivity index (χ4n) is 1.86. The van der Waals surface area contributed by atoms with Crippen molar-refractivity contribution in [1.29, 1.82) is 0 Å². The largest absolute Gasteiger partial charge is 0.396 e. The van der Waals surface area contributed by atoms with Crippen molar-refractivity contribution in [3.05, 3.63) is 23.0 Å². The number of aliphatic hydroxyl groups is 1. The van der Waals surface area contributed by atoms with Crippen molar-refractivity contribution in [3.63, 3.8) is 0 Å². The third-order valence-electron chi connectivity index (χ3n) is 3.89. The summed E-state index contributed by atoms with van der Waals surface area (Å²) in [4.78, 5) is -0.0567. The lowest BCUT2D eigenvalue weighted by Gasteiger charge is -2.37. The van der Waals surface area contributed by atoms with Crippen LogP contribution in [0.1, 0.15) is 38.8 Å². The lowest BCUT2D eigenvalue weighted by molar-refractivity contribution is 0.00637. The van der Waals surface area contributed by atoms with Crippen LogP contribution >= 0.6 is 0 Å². The van der Waals surface area contributed by atoms with E-state index in [0.717, 1.165) is 6.07 Å². The number of nitrogens with one attached hydrogen (secondary N) is 1. The van der Waals surface area contributed by atoms with Crippen molar-refractivity contribution in [2.45, 2.75) is 57.6 Å². The zero-order chi connectivity index (χ0) is 16.8. The summed E-state index contributed by atoms with van der Waals surface area (Å²) >= 11 is 0. The molecule has 0 fully saturated rings. The first-order chi connectivity index (χ1) is 9.21. The van der Waals surface area contributed by atoms with E-state index in [-0.39, 0.29) is 21.7 Å². The maximum Gasteiger partial charge on any atom is 0.241 e. The number of halogens is 1. The Balaban J connectivity index is 3.44. The molecule has 1 aromatic carbocycles. The molecule has 0 saturated heterocycles. The lowest BCUT2D eigenvalue weighted by atomic mass is 9.87. The van der Waals surface area contributed by atoms with Crippen LogP contribution in [-0.4, -0.2) is 24.7 Å². The van der Waals surface area contributed by atoms with Crippen molar-refractivity contribution >= 4 is 15.7 Å². The molecule has 120 valence electrons. The zero-order valence-corrected chi connectivity index (χ0v) is 14.0. The zero-order valence-electron chi connectivity index (χ0n) is 13.2.